The lowest BCUT2D eigenvalue weighted by Crippen LogP contribution is -2.15. The largest absolute Gasteiger partial charge is 0.433 e. The molecular weight excluding hydrogens is 407 g/mol. The van der Waals surface area contributed by atoms with Crippen molar-refractivity contribution in [3.05, 3.63) is 70.5 Å². The molecule has 0 spiro atoms. The molecule has 0 unspecified atom stereocenters. The Morgan fingerprint density at radius 2 is 1.93 bits per heavy atom. The van der Waals surface area contributed by atoms with Crippen LogP contribution in [0.25, 0.3) is 11.1 Å². The van der Waals surface area contributed by atoms with Crippen molar-refractivity contribution in [3.63, 3.8) is 0 Å². The Morgan fingerprint density at radius 1 is 1.17 bits per heavy atom. The molecule has 0 aromatic carbocycles. The van der Waals surface area contributed by atoms with Gasteiger partial charge in [0.15, 0.2) is 0 Å². The molecule has 6 nitrogen and oxygen atoms in total. The number of alkyl halides is 3. The molecule has 3 aromatic rings. The number of pyridine rings is 3. The number of nitrogens with zero attached hydrogens (tertiary/aromatic N) is 4. The van der Waals surface area contributed by atoms with Crippen LogP contribution < -0.4 is 5.32 Å². The number of nitrogens with one attached hydrogen (secondary N) is 1. The summed E-state index contributed by atoms with van der Waals surface area (Å²) in [6.45, 7) is 1.72. The molecule has 10 heteroatoms. The predicted octanol–water partition coefficient (Wildman–Crippen LogP) is 4.64. The van der Waals surface area contributed by atoms with Crippen LogP contribution in [0, 0.1) is 18.3 Å². The molecule has 0 saturated carbocycles. The van der Waals surface area contributed by atoms with Crippen LogP contribution in [0.1, 0.15) is 27.3 Å². The van der Waals surface area contributed by atoms with E-state index in [-0.39, 0.29) is 22.0 Å². The van der Waals surface area contributed by atoms with Gasteiger partial charge < -0.3 is 5.32 Å². The molecule has 0 fully saturated rings. The fraction of sp³-hybridized carbons (Fsp3) is 0.105. The van der Waals surface area contributed by atoms with E-state index in [9.17, 15) is 18.0 Å². The molecular formula is C19H11ClF3N5O. The number of aromatic nitrogens is 3. The zero-order valence-corrected chi connectivity index (χ0v) is 15.5. The van der Waals surface area contributed by atoms with Crippen molar-refractivity contribution in [2.75, 3.05) is 5.32 Å². The van der Waals surface area contributed by atoms with E-state index in [1.807, 2.05) is 6.07 Å². The summed E-state index contributed by atoms with van der Waals surface area (Å²) >= 11 is 5.84. The first kappa shape index (κ1) is 20.2. The van der Waals surface area contributed by atoms with Crippen LogP contribution in [0.15, 0.2) is 42.9 Å². The number of carbonyl (C=O) groups excluding carboxylic acids is 1. The quantitative estimate of drug-likeness (QED) is 0.626. The highest BCUT2D eigenvalue weighted by molar-refractivity contribution is 6.30. The molecule has 3 heterocycles. The summed E-state index contributed by atoms with van der Waals surface area (Å²) in [5.74, 6) is -0.749. The number of hydrogen-bond acceptors (Lipinski definition) is 5. The molecule has 0 aliphatic heterocycles. The number of nitriles is 1. The third-order valence-electron chi connectivity index (χ3n) is 3.93. The molecule has 29 heavy (non-hydrogen) atoms. The number of amides is 1. The van der Waals surface area contributed by atoms with E-state index in [2.05, 4.69) is 20.3 Å². The van der Waals surface area contributed by atoms with Crippen LogP contribution in [-0.4, -0.2) is 20.9 Å². The van der Waals surface area contributed by atoms with Gasteiger partial charge in [-0.05, 0) is 31.2 Å². The summed E-state index contributed by atoms with van der Waals surface area (Å²) in [5.41, 5.74) is 0.797. The number of rotatable bonds is 3. The van der Waals surface area contributed by atoms with Crippen molar-refractivity contribution in [1.29, 1.82) is 5.26 Å². The number of hydrogen-bond donors (Lipinski definition) is 1. The molecule has 0 bridgehead atoms. The van der Waals surface area contributed by atoms with Crippen LogP contribution in [0.2, 0.25) is 5.15 Å². The van der Waals surface area contributed by atoms with E-state index in [0.29, 0.717) is 22.9 Å². The van der Waals surface area contributed by atoms with E-state index >= 15 is 0 Å². The first-order valence-corrected chi connectivity index (χ1v) is 8.44. The van der Waals surface area contributed by atoms with Crippen LogP contribution in [0.3, 0.4) is 0 Å². The molecule has 0 aliphatic rings. The van der Waals surface area contributed by atoms with Crippen LogP contribution in [0.5, 0.6) is 0 Å². The van der Waals surface area contributed by atoms with Gasteiger partial charge in [0.05, 0.1) is 17.4 Å². The highest BCUT2D eigenvalue weighted by atomic mass is 35.5. The Labute approximate surface area is 168 Å². The minimum absolute atomic E-state index is 0.0597. The first-order valence-electron chi connectivity index (χ1n) is 8.06. The van der Waals surface area contributed by atoms with Gasteiger partial charge in [0.2, 0.25) is 0 Å². The lowest BCUT2D eigenvalue weighted by atomic mass is 10.0. The maximum absolute atomic E-state index is 12.8. The second-order valence-electron chi connectivity index (χ2n) is 5.91. The summed E-state index contributed by atoms with van der Waals surface area (Å²) in [7, 11) is 0. The summed E-state index contributed by atoms with van der Waals surface area (Å²) < 4.78 is 38.4. The normalized spacial score (nSPS) is 11.0. The monoisotopic (exact) mass is 417 g/mol. The summed E-state index contributed by atoms with van der Waals surface area (Å²) in [4.78, 5) is 23.7. The van der Waals surface area contributed by atoms with Crippen molar-refractivity contribution in [3.8, 4) is 17.2 Å². The molecule has 0 radical (unpaired) electrons. The number of carbonyl (C=O) groups is 1. The zero-order chi connectivity index (χ0) is 21.2. The standard InChI is InChI=1S/C19H11ClF3N5O/c1-10-15(13-4-12(7-24)17(20)27-8-13)6-14(9-26-10)28-18(29)11-2-3-25-16(5-11)19(21,22)23/h2-6,8-9H,1H3,(H,28,29). The van der Waals surface area contributed by atoms with Gasteiger partial charge >= 0.3 is 6.18 Å². The second-order valence-corrected chi connectivity index (χ2v) is 6.27. The SMILES string of the molecule is Cc1ncc(NC(=O)c2ccnc(C(F)(F)F)c2)cc1-c1cnc(Cl)c(C#N)c1. The molecule has 3 rings (SSSR count). The fourth-order valence-electron chi connectivity index (χ4n) is 2.50. The topological polar surface area (TPSA) is 91.6 Å². The van der Waals surface area contributed by atoms with Gasteiger partial charge in [-0.15, -0.1) is 0 Å². The molecule has 1 N–H and O–H groups in total. The Balaban J connectivity index is 1.91. The van der Waals surface area contributed by atoms with Crippen molar-refractivity contribution >= 4 is 23.2 Å². The predicted molar refractivity (Wildman–Crippen MR) is 99.1 cm³/mol. The molecule has 146 valence electrons. The number of anilines is 1. The van der Waals surface area contributed by atoms with Gasteiger partial charge in [0.25, 0.3) is 5.91 Å². The third kappa shape index (κ3) is 4.50. The molecule has 1 amide bonds. The number of aryl methyl sites for hydroxylation is 1. The van der Waals surface area contributed by atoms with Crippen LogP contribution in [0.4, 0.5) is 18.9 Å². The highest BCUT2D eigenvalue weighted by Crippen LogP contribution is 2.29. The summed E-state index contributed by atoms with van der Waals surface area (Å²) in [6.07, 6.45) is -0.914. The fourth-order valence-corrected chi connectivity index (χ4v) is 2.64. The number of halogens is 4. The van der Waals surface area contributed by atoms with Gasteiger partial charge in [-0.1, -0.05) is 11.6 Å². The third-order valence-corrected chi connectivity index (χ3v) is 4.23. The van der Waals surface area contributed by atoms with Crippen molar-refractivity contribution < 1.29 is 18.0 Å². The molecule has 3 aromatic heterocycles. The van der Waals surface area contributed by atoms with Crippen molar-refractivity contribution in [1.82, 2.24) is 15.0 Å². The maximum atomic E-state index is 12.8. The van der Waals surface area contributed by atoms with Crippen LogP contribution >= 0.6 is 11.6 Å². The minimum Gasteiger partial charge on any atom is -0.321 e. The Hall–Kier alpha value is -3.51. The molecule has 0 atom stereocenters. The van der Waals surface area contributed by atoms with Gasteiger partial charge in [0, 0.05) is 34.8 Å². The van der Waals surface area contributed by atoms with E-state index in [0.717, 1.165) is 6.20 Å². The van der Waals surface area contributed by atoms with Gasteiger partial charge in [-0.25, -0.2) is 4.98 Å². The van der Waals surface area contributed by atoms with Gasteiger partial charge in [0.1, 0.15) is 16.9 Å². The van der Waals surface area contributed by atoms with Crippen molar-refractivity contribution in [2.45, 2.75) is 13.1 Å². The average molecular weight is 418 g/mol. The highest BCUT2D eigenvalue weighted by Gasteiger charge is 2.33. The Kier molecular flexibility index (Phi) is 5.48. The zero-order valence-electron chi connectivity index (χ0n) is 14.8. The minimum atomic E-state index is -4.66. The maximum Gasteiger partial charge on any atom is 0.433 e. The van der Waals surface area contributed by atoms with Gasteiger partial charge in [-0.3, -0.25) is 14.8 Å². The Bertz CT molecular complexity index is 1140. The van der Waals surface area contributed by atoms with E-state index < -0.39 is 17.8 Å². The van der Waals surface area contributed by atoms with E-state index in [1.165, 1.54) is 24.5 Å². The van der Waals surface area contributed by atoms with Crippen molar-refractivity contribution in [2.24, 2.45) is 0 Å². The van der Waals surface area contributed by atoms with Crippen LogP contribution in [-0.2, 0) is 6.18 Å². The lowest BCUT2D eigenvalue weighted by molar-refractivity contribution is -0.141. The van der Waals surface area contributed by atoms with Gasteiger partial charge in [-0.2, -0.15) is 18.4 Å². The Morgan fingerprint density at radius 3 is 2.62 bits per heavy atom. The second kappa shape index (κ2) is 7.85. The summed E-state index contributed by atoms with van der Waals surface area (Å²) in [5, 5.41) is 11.7. The lowest BCUT2D eigenvalue weighted by Gasteiger charge is -2.11. The van der Waals surface area contributed by atoms with E-state index in [1.54, 1.807) is 13.0 Å². The smallest absolute Gasteiger partial charge is 0.321 e. The summed E-state index contributed by atoms with van der Waals surface area (Å²) in [6, 6.07) is 6.88. The average Bonchev–Trinajstić information content (AvgIpc) is 2.69. The molecule has 0 saturated heterocycles. The first-order chi connectivity index (χ1) is 13.7. The molecule has 0 aliphatic carbocycles. The van der Waals surface area contributed by atoms with E-state index in [4.69, 9.17) is 16.9 Å².